The van der Waals surface area contributed by atoms with Crippen LogP contribution < -0.4 is 5.32 Å². The zero-order chi connectivity index (χ0) is 17.2. The fourth-order valence-electron chi connectivity index (χ4n) is 1.87. The van der Waals surface area contributed by atoms with E-state index < -0.39 is 41.6 Å². The van der Waals surface area contributed by atoms with Crippen LogP contribution in [0.5, 0.6) is 0 Å². The quantitative estimate of drug-likeness (QED) is 0.585. The van der Waals surface area contributed by atoms with E-state index in [2.05, 4.69) is 5.32 Å². The molecular weight excluding hydrogens is 292 g/mol. The van der Waals surface area contributed by atoms with E-state index >= 15 is 0 Å². The van der Waals surface area contributed by atoms with Gasteiger partial charge in [0.1, 0.15) is 11.6 Å². The maximum atomic E-state index is 11.9. The number of nitrogens with zero attached hydrogens (tertiary/aromatic N) is 1. The molecule has 0 aliphatic carbocycles. The topological polar surface area (TPSA) is 113 Å². The second kappa shape index (κ2) is 6.17. The van der Waals surface area contributed by atoms with Crippen molar-refractivity contribution in [2.45, 2.75) is 52.3 Å². The van der Waals surface area contributed by atoms with Gasteiger partial charge in [0.2, 0.25) is 0 Å². The maximum Gasteiger partial charge on any atom is 0.408 e. The van der Waals surface area contributed by atoms with Crippen molar-refractivity contribution in [1.82, 2.24) is 10.2 Å². The summed E-state index contributed by atoms with van der Waals surface area (Å²) in [5.41, 5.74) is -0.870. The lowest BCUT2D eigenvalue weighted by atomic mass is 9.96. The van der Waals surface area contributed by atoms with Crippen LogP contribution in [0.4, 0.5) is 4.79 Å². The number of rotatable bonds is 3. The van der Waals surface area contributed by atoms with Gasteiger partial charge in [-0.25, -0.2) is 9.59 Å². The molecule has 1 heterocycles. The molecule has 1 rings (SSSR count). The zero-order valence-electron chi connectivity index (χ0n) is 13.2. The summed E-state index contributed by atoms with van der Waals surface area (Å²) < 4.78 is 5.04. The maximum absolute atomic E-state index is 11.9. The van der Waals surface area contributed by atoms with E-state index in [1.54, 1.807) is 27.7 Å². The minimum absolute atomic E-state index is 0.173. The largest absolute Gasteiger partial charge is 0.478 e. The smallest absolute Gasteiger partial charge is 0.408 e. The summed E-state index contributed by atoms with van der Waals surface area (Å²) in [5.74, 6) is -2.56. The highest BCUT2D eigenvalue weighted by molar-refractivity contribution is 6.10. The first-order chi connectivity index (χ1) is 9.94. The number of carbonyl (C=O) groups is 4. The van der Waals surface area contributed by atoms with Crippen LogP contribution in [0.25, 0.3) is 0 Å². The fraction of sp³-hybridized carbons (Fsp3) is 0.571. The lowest BCUT2D eigenvalue weighted by molar-refractivity contribution is -0.158. The summed E-state index contributed by atoms with van der Waals surface area (Å²) in [7, 11) is 0. The number of amides is 3. The van der Waals surface area contributed by atoms with Crippen molar-refractivity contribution in [3.8, 4) is 0 Å². The monoisotopic (exact) mass is 312 g/mol. The summed E-state index contributed by atoms with van der Waals surface area (Å²) in [4.78, 5) is 47.0. The number of hydrogen-bond donors (Lipinski definition) is 2. The average Bonchev–Trinajstić information content (AvgIpc) is 2.34. The lowest BCUT2D eigenvalue weighted by Gasteiger charge is -2.43. The van der Waals surface area contributed by atoms with Gasteiger partial charge in [0.25, 0.3) is 11.8 Å². The van der Waals surface area contributed by atoms with Crippen molar-refractivity contribution >= 4 is 23.9 Å². The molecule has 2 N–H and O–H groups in total. The highest BCUT2D eigenvalue weighted by Crippen LogP contribution is 2.21. The van der Waals surface area contributed by atoms with Crippen LogP contribution in [0.15, 0.2) is 11.6 Å². The molecule has 1 unspecified atom stereocenters. The Morgan fingerprint density at radius 2 is 1.86 bits per heavy atom. The summed E-state index contributed by atoms with van der Waals surface area (Å²) in [6.07, 6.45) is 0.127. The van der Waals surface area contributed by atoms with Gasteiger partial charge in [-0.05, 0) is 34.6 Å². The van der Waals surface area contributed by atoms with E-state index in [1.807, 2.05) is 0 Å². The number of alkyl carbamates (subject to hydrolysis) is 1. The summed E-state index contributed by atoms with van der Waals surface area (Å²) in [6, 6.07) is -1.44. The Labute approximate surface area is 128 Å². The number of nitrogens with one attached hydrogen (secondary N) is 1. The molecule has 122 valence electrons. The van der Waals surface area contributed by atoms with Crippen molar-refractivity contribution in [3.05, 3.63) is 11.6 Å². The third kappa shape index (κ3) is 4.06. The van der Waals surface area contributed by atoms with Gasteiger partial charge in [-0.3, -0.25) is 14.5 Å². The number of aliphatic carboxylic acids is 1. The molecule has 8 heteroatoms. The van der Waals surface area contributed by atoms with E-state index in [9.17, 15) is 19.2 Å². The van der Waals surface area contributed by atoms with Crippen LogP contribution in [0.1, 0.15) is 34.6 Å². The second-order valence-corrected chi connectivity index (χ2v) is 6.04. The number of β-lactam (4-membered cyclic amide) rings is 1. The van der Waals surface area contributed by atoms with Gasteiger partial charge in [0, 0.05) is 11.6 Å². The molecule has 1 saturated heterocycles. The molecule has 0 aromatic carbocycles. The Kier molecular flexibility index (Phi) is 4.95. The molecule has 0 aromatic heterocycles. The average molecular weight is 312 g/mol. The number of imide groups is 1. The zero-order valence-corrected chi connectivity index (χ0v) is 13.2. The van der Waals surface area contributed by atoms with Crippen LogP contribution in [0.3, 0.4) is 0 Å². The molecule has 1 aliphatic heterocycles. The van der Waals surface area contributed by atoms with E-state index in [0.29, 0.717) is 0 Å². The van der Waals surface area contributed by atoms with Crippen LogP contribution >= 0.6 is 0 Å². The first kappa shape index (κ1) is 17.7. The number of carboxylic acid groups (broad SMARTS) is 1. The normalized spacial score (nSPS) is 22.0. The van der Waals surface area contributed by atoms with Gasteiger partial charge >= 0.3 is 12.1 Å². The fourth-order valence-corrected chi connectivity index (χ4v) is 1.87. The molecule has 0 aromatic rings. The third-order valence-electron chi connectivity index (χ3n) is 2.98. The molecule has 0 bridgehead atoms. The number of likely N-dealkylation sites (tertiary alicyclic amines) is 1. The van der Waals surface area contributed by atoms with Crippen molar-refractivity contribution in [1.29, 1.82) is 0 Å². The molecule has 8 nitrogen and oxygen atoms in total. The molecule has 22 heavy (non-hydrogen) atoms. The lowest BCUT2D eigenvalue weighted by Crippen LogP contribution is -2.71. The van der Waals surface area contributed by atoms with Gasteiger partial charge in [0.15, 0.2) is 0 Å². The van der Waals surface area contributed by atoms with Crippen molar-refractivity contribution in [2.24, 2.45) is 0 Å². The van der Waals surface area contributed by atoms with E-state index in [-0.39, 0.29) is 5.57 Å². The minimum atomic E-state index is -1.24. The Morgan fingerprint density at radius 3 is 2.27 bits per heavy atom. The predicted molar refractivity (Wildman–Crippen MR) is 75.9 cm³/mol. The number of ether oxygens (including phenoxy) is 1. The Balaban J connectivity index is 2.68. The highest BCUT2D eigenvalue weighted by Gasteiger charge is 2.48. The van der Waals surface area contributed by atoms with Crippen LogP contribution in [-0.2, 0) is 19.1 Å². The highest BCUT2D eigenvalue weighted by atomic mass is 16.6. The SMILES string of the molecule is C/C(=C/C(=O)N1C(=O)[C@@H](NC(=O)OC(C)(C)C)C1C)C(=O)O. The third-order valence-corrected chi connectivity index (χ3v) is 2.98. The molecule has 0 radical (unpaired) electrons. The van der Waals surface area contributed by atoms with Crippen molar-refractivity contribution < 1.29 is 29.0 Å². The number of hydrogen-bond acceptors (Lipinski definition) is 5. The molecular formula is C14H20N2O6. The minimum Gasteiger partial charge on any atom is -0.478 e. The number of carbonyl (C=O) groups excluding carboxylic acids is 3. The predicted octanol–water partition coefficient (Wildman–Crippen LogP) is 0.668. The van der Waals surface area contributed by atoms with Gasteiger partial charge in [-0.1, -0.05) is 0 Å². The molecule has 3 amide bonds. The summed E-state index contributed by atoms with van der Waals surface area (Å²) in [5, 5.41) is 11.1. The van der Waals surface area contributed by atoms with Gasteiger partial charge in [-0.15, -0.1) is 0 Å². The standard InChI is InChI=1S/C14H20N2O6/c1-7(12(19)20)6-9(17)16-8(2)10(11(16)18)15-13(21)22-14(3,4)5/h6,8,10H,1-5H3,(H,15,21)(H,19,20)/b7-6-/t8?,10-/m0/s1. The Morgan fingerprint density at radius 1 is 1.32 bits per heavy atom. The summed E-state index contributed by atoms with van der Waals surface area (Å²) in [6.45, 7) is 7.90. The molecule has 0 spiro atoms. The second-order valence-electron chi connectivity index (χ2n) is 6.04. The van der Waals surface area contributed by atoms with Crippen molar-refractivity contribution in [3.63, 3.8) is 0 Å². The summed E-state index contributed by atoms with van der Waals surface area (Å²) >= 11 is 0. The van der Waals surface area contributed by atoms with Gasteiger partial charge in [-0.2, -0.15) is 0 Å². The van der Waals surface area contributed by atoms with E-state index in [4.69, 9.17) is 9.84 Å². The Bertz CT molecular complexity index is 546. The number of carboxylic acids is 1. The molecule has 1 aliphatic rings. The van der Waals surface area contributed by atoms with E-state index in [1.165, 1.54) is 6.92 Å². The van der Waals surface area contributed by atoms with E-state index in [0.717, 1.165) is 11.0 Å². The molecule has 2 atom stereocenters. The molecule has 0 saturated carbocycles. The first-order valence-corrected chi connectivity index (χ1v) is 6.72. The van der Waals surface area contributed by atoms with Crippen LogP contribution in [-0.4, -0.2) is 51.6 Å². The van der Waals surface area contributed by atoms with Crippen LogP contribution in [0.2, 0.25) is 0 Å². The Hall–Kier alpha value is -2.38. The van der Waals surface area contributed by atoms with Crippen molar-refractivity contribution in [2.75, 3.05) is 0 Å². The first-order valence-electron chi connectivity index (χ1n) is 6.72. The van der Waals surface area contributed by atoms with Gasteiger partial charge in [0.05, 0.1) is 6.04 Å². The molecule has 1 fully saturated rings. The van der Waals surface area contributed by atoms with Gasteiger partial charge < -0.3 is 15.2 Å². The van der Waals surface area contributed by atoms with Crippen LogP contribution in [0, 0.1) is 0 Å².